The molecule has 1 aliphatic rings. The van der Waals surface area contributed by atoms with Crippen LogP contribution in [0.4, 0.5) is 0 Å². The molecule has 0 saturated heterocycles. The third-order valence-electron chi connectivity index (χ3n) is 7.16. The Morgan fingerprint density at radius 2 is 1.40 bits per heavy atom. The Morgan fingerprint density at radius 3 is 1.90 bits per heavy atom. The van der Waals surface area contributed by atoms with E-state index in [-0.39, 0.29) is 41.8 Å². The molecule has 218 valence electrons. The van der Waals surface area contributed by atoms with E-state index in [2.05, 4.69) is 0 Å². The highest BCUT2D eigenvalue weighted by molar-refractivity contribution is 6.02. The summed E-state index contributed by atoms with van der Waals surface area (Å²) in [5.74, 6) is -2.87. The minimum Gasteiger partial charge on any atom is -0.504 e. The number of hydrogen-bond donors (Lipinski definition) is 2. The van der Waals surface area contributed by atoms with Gasteiger partial charge in [-0.15, -0.1) is 0 Å². The SMILES string of the molecule is CCOC(=O)C1=Cc2cc(C(C)(C)C)c(O)c(OC)c2[C@H](c2cc(OC)c(O)c(C(C)(C)C)c2)[C@H]1C(=O)OCC. The van der Waals surface area contributed by atoms with Crippen molar-refractivity contribution >= 4 is 18.0 Å². The van der Waals surface area contributed by atoms with Crippen LogP contribution in [0.15, 0.2) is 23.8 Å². The Bertz CT molecular complexity index is 1320. The lowest BCUT2D eigenvalue weighted by molar-refractivity contribution is -0.150. The van der Waals surface area contributed by atoms with Gasteiger partial charge in [0.05, 0.1) is 33.0 Å². The fraction of sp³-hybridized carbons (Fsp3) is 0.500. The normalized spacial score (nSPS) is 17.0. The Kier molecular flexibility index (Phi) is 8.82. The Labute approximate surface area is 236 Å². The second-order valence-electron chi connectivity index (χ2n) is 12.0. The number of carbonyl (C=O) groups excluding carboxylic acids is 2. The quantitative estimate of drug-likeness (QED) is 0.402. The van der Waals surface area contributed by atoms with E-state index in [0.717, 1.165) is 0 Å². The summed E-state index contributed by atoms with van der Waals surface area (Å²) in [5, 5.41) is 22.5. The van der Waals surface area contributed by atoms with E-state index >= 15 is 0 Å². The number of ether oxygens (including phenoxy) is 4. The highest BCUT2D eigenvalue weighted by Crippen LogP contribution is 2.54. The first-order valence-electron chi connectivity index (χ1n) is 13.5. The molecule has 0 amide bonds. The minimum atomic E-state index is -1.12. The number of fused-ring (bicyclic) bond motifs is 1. The summed E-state index contributed by atoms with van der Waals surface area (Å²) in [5.41, 5.74) is 2.10. The number of rotatable bonds is 7. The molecule has 0 spiro atoms. The van der Waals surface area contributed by atoms with E-state index in [4.69, 9.17) is 18.9 Å². The van der Waals surface area contributed by atoms with Gasteiger partial charge >= 0.3 is 11.9 Å². The zero-order chi connectivity index (χ0) is 30.2. The van der Waals surface area contributed by atoms with Gasteiger partial charge in [-0.3, -0.25) is 4.79 Å². The number of hydrogen-bond acceptors (Lipinski definition) is 8. The number of esters is 2. The summed E-state index contributed by atoms with van der Waals surface area (Å²) in [6, 6.07) is 5.28. The van der Waals surface area contributed by atoms with Gasteiger partial charge < -0.3 is 29.2 Å². The molecule has 8 nitrogen and oxygen atoms in total. The smallest absolute Gasteiger partial charge is 0.334 e. The van der Waals surface area contributed by atoms with Crippen molar-refractivity contribution in [2.75, 3.05) is 27.4 Å². The van der Waals surface area contributed by atoms with Crippen LogP contribution in [0, 0.1) is 5.92 Å². The first-order valence-corrected chi connectivity index (χ1v) is 13.5. The maximum absolute atomic E-state index is 13.7. The van der Waals surface area contributed by atoms with Crippen LogP contribution in [0.25, 0.3) is 6.08 Å². The van der Waals surface area contributed by atoms with E-state index in [1.165, 1.54) is 14.2 Å². The molecule has 0 fully saturated rings. The molecule has 2 aromatic rings. The standard InChI is InChI=1S/C32H42O8/c1-11-39-29(35)19-13-17-14-21(32(6,7)8)27(34)28(38-10)24(17)23(25(19)30(36)40-12-2)18-15-20(31(3,4)5)26(33)22(16-18)37-9/h13-16,23,25,33-34H,11-12H2,1-10H3/t23-,25-/m0/s1. The average Bonchev–Trinajstić information content (AvgIpc) is 2.86. The van der Waals surface area contributed by atoms with Crippen molar-refractivity contribution < 1.29 is 38.7 Å². The number of phenolic OH excluding ortho intramolecular Hbond substituents is 2. The highest BCUT2D eigenvalue weighted by Gasteiger charge is 2.45. The van der Waals surface area contributed by atoms with E-state index in [9.17, 15) is 19.8 Å². The van der Waals surface area contributed by atoms with Crippen LogP contribution in [-0.2, 0) is 29.9 Å². The Morgan fingerprint density at radius 1 is 0.825 bits per heavy atom. The average molecular weight is 555 g/mol. The first-order chi connectivity index (χ1) is 18.6. The van der Waals surface area contributed by atoms with Gasteiger partial charge in [0.15, 0.2) is 23.0 Å². The number of phenols is 2. The molecule has 0 unspecified atom stereocenters. The second-order valence-corrected chi connectivity index (χ2v) is 12.0. The predicted molar refractivity (Wildman–Crippen MR) is 153 cm³/mol. The van der Waals surface area contributed by atoms with E-state index in [1.807, 2.05) is 47.6 Å². The van der Waals surface area contributed by atoms with E-state index in [1.54, 1.807) is 32.1 Å². The molecule has 2 aromatic carbocycles. The summed E-state index contributed by atoms with van der Waals surface area (Å²) in [6.07, 6.45) is 1.63. The monoisotopic (exact) mass is 554 g/mol. The minimum absolute atomic E-state index is 0.0125. The molecule has 8 heteroatoms. The largest absolute Gasteiger partial charge is 0.504 e. The Hall–Kier alpha value is -3.68. The number of methoxy groups -OCH3 is 2. The van der Waals surface area contributed by atoms with Gasteiger partial charge in [0, 0.05) is 22.6 Å². The summed E-state index contributed by atoms with van der Waals surface area (Å²) in [4.78, 5) is 27.0. The third kappa shape index (κ3) is 5.62. The van der Waals surface area contributed by atoms with E-state index in [0.29, 0.717) is 27.8 Å². The molecule has 2 N–H and O–H groups in total. The van der Waals surface area contributed by atoms with Crippen molar-refractivity contribution in [2.24, 2.45) is 5.92 Å². The maximum Gasteiger partial charge on any atom is 0.334 e. The Balaban J connectivity index is 2.55. The van der Waals surface area contributed by atoms with Gasteiger partial charge in [0.2, 0.25) is 0 Å². The number of aromatic hydroxyl groups is 2. The zero-order valence-corrected chi connectivity index (χ0v) is 25.2. The summed E-state index contributed by atoms with van der Waals surface area (Å²) < 4.78 is 22.3. The summed E-state index contributed by atoms with van der Waals surface area (Å²) in [6.45, 7) is 15.4. The maximum atomic E-state index is 13.7. The third-order valence-corrected chi connectivity index (χ3v) is 7.16. The summed E-state index contributed by atoms with van der Waals surface area (Å²) in [7, 11) is 2.91. The molecule has 40 heavy (non-hydrogen) atoms. The van der Waals surface area contributed by atoms with Gasteiger partial charge in [-0.25, -0.2) is 4.79 Å². The topological polar surface area (TPSA) is 112 Å². The molecule has 1 aliphatic carbocycles. The van der Waals surface area contributed by atoms with Crippen molar-refractivity contribution in [3.05, 3.63) is 51.6 Å². The van der Waals surface area contributed by atoms with Crippen LogP contribution in [0.3, 0.4) is 0 Å². The molecule has 3 rings (SSSR count). The molecular weight excluding hydrogens is 512 g/mol. The van der Waals surface area contributed by atoms with Gasteiger partial charge in [-0.1, -0.05) is 47.6 Å². The van der Waals surface area contributed by atoms with Crippen molar-refractivity contribution in [2.45, 2.75) is 72.1 Å². The van der Waals surface area contributed by atoms with Crippen molar-refractivity contribution in [1.29, 1.82) is 0 Å². The number of benzene rings is 2. The second kappa shape index (κ2) is 11.4. The molecule has 0 aromatic heterocycles. The molecule has 0 saturated carbocycles. The lowest BCUT2D eigenvalue weighted by Crippen LogP contribution is -2.34. The van der Waals surface area contributed by atoms with Gasteiger partial charge in [-0.2, -0.15) is 0 Å². The molecule has 2 atom stereocenters. The van der Waals surface area contributed by atoms with Crippen LogP contribution in [-0.4, -0.2) is 49.6 Å². The van der Waals surface area contributed by atoms with E-state index < -0.39 is 34.6 Å². The molecule has 0 aliphatic heterocycles. The molecule has 0 heterocycles. The van der Waals surface area contributed by atoms with Crippen molar-refractivity contribution in [1.82, 2.24) is 0 Å². The fourth-order valence-electron chi connectivity index (χ4n) is 5.30. The van der Waals surface area contributed by atoms with Gasteiger partial charge in [-0.05, 0) is 54.0 Å². The van der Waals surface area contributed by atoms with Gasteiger partial charge in [0.1, 0.15) is 5.92 Å². The highest BCUT2D eigenvalue weighted by atomic mass is 16.5. The number of carbonyl (C=O) groups is 2. The molecule has 0 radical (unpaired) electrons. The lowest BCUT2D eigenvalue weighted by Gasteiger charge is -2.36. The van der Waals surface area contributed by atoms with Crippen LogP contribution >= 0.6 is 0 Å². The molecule has 0 bridgehead atoms. The predicted octanol–water partition coefficient (Wildman–Crippen LogP) is 5.98. The molecular formula is C32H42O8. The first kappa shape index (κ1) is 30.9. The van der Waals surface area contributed by atoms with Crippen LogP contribution in [0.1, 0.15) is 89.1 Å². The summed E-state index contributed by atoms with van der Waals surface area (Å²) >= 11 is 0. The van der Waals surface area contributed by atoms with Crippen LogP contribution < -0.4 is 9.47 Å². The fourth-order valence-corrected chi connectivity index (χ4v) is 5.30. The zero-order valence-electron chi connectivity index (χ0n) is 25.2. The van der Waals surface area contributed by atoms with Crippen LogP contribution in [0.5, 0.6) is 23.0 Å². The lowest BCUT2D eigenvalue weighted by atomic mass is 9.68. The van der Waals surface area contributed by atoms with Crippen molar-refractivity contribution in [3.63, 3.8) is 0 Å². The van der Waals surface area contributed by atoms with Gasteiger partial charge in [0.25, 0.3) is 0 Å². The van der Waals surface area contributed by atoms with Crippen LogP contribution in [0.2, 0.25) is 0 Å². The van der Waals surface area contributed by atoms with Crippen molar-refractivity contribution in [3.8, 4) is 23.0 Å².